The molecule has 7 heteroatoms. The predicted octanol–water partition coefficient (Wildman–Crippen LogP) is 3.83. The van der Waals surface area contributed by atoms with Crippen LogP contribution >= 0.6 is 11.3 Å². The molecule has 0 radical (unpaired) electrons. The van der Waals surface area contributed by atoms with Crippen molar-refractivity contribution in [2.45, 2.75) is 63.5 Å². The Kier molecular flexibility index (Phi) is 4.72. The van der Waals surface area contributed by atoms with Crippen LogP contribution in [0.25, 0.3) is 0 Å². The summed E-state index contributed by atoms with van der Waals surface area (Å²) in [5, 5.41) is 11.2. The fourth-order valence-electron chi connectivity index (χ4n) is 4.83. The zero-order valence-corrected chi connectivity index (χ0v) is 16.5. The van der Waals surface area contributed by atoms with Crippen molar-refractivity contribution < 1.29 is 9.59 Å². The molecular formula is C20H24N4O2S. The van der Waals surface area contributed by atoms with E-state index in [-0.39, 0.29) is 17.9 Å². The summed E-state index contributed by atoms with van der Waals surface area (Å²) in [6.45, 7) is 4.18. The first-order valence-electron chi connectivity index (χ1n) is 9.58. The van der Waals surface area contributed by atoms with Gasteiger partial charge in [0.25, 0.3) is 5.91 Å². The van der Waals surface area contributed by atoms with Crippen LogP contribution in [0.3, 0.4) is 0 Å². The van der Waals surface area contributed by atoms with Crippen molar-refractivity contribution in [2.75, 3.05) is 5.32 Å². The molecule has 1 aliphatic carbocycles. The van der Waals surface area contributed by atoms with Crippen molar-refractivity contribution in [1.82, 2.24) is 15.1 Å². The second-order valence-corrected chi connectivity index (χ2v) is 8.33. The smallest absolute Gasteiger partial charge is 0.254 e. The third-order valence-electron chi connectivity index (χ3n) is 6.09. The predicted molar refractivity (Wildman–Crippen MR) is 105 cm³/mol. The zero-order chi connectivity index (χ0) is 19.0. The molecule has 2 amide bonds. The molecule has 2 atom stereocenters. The van der Waals surface area contributed by atoms with Crippen LogP contribution in [0.15, 0.2) is 29.8 Å². The molecule has 6 nitrogen and oxygen atoms in total. The molecule has 1 spiro atoms. The van der Waals surface area contributed by atoms with E-state index < -0.39 is 11.5 Å². The first-order chi connectivity index (χ1) is 13.1. The van der Waals surface area contributed by atoms with E-state index in [1.807, 2.05) is 29.2 Å². The molecule has 2 heterocycles. The van der Waals surface area contributed by atoms with Gasteiger partial charge in [-0.05, 0) is 37.8 Å². The number of carbonyl (C=O) groups is 2. The number of amides is 2. The molecule has 4 rings (SSSR count). The Labute approximate surface area is 163 Å². The van der Waals surface area contributed by atoms with Gasteiger partial charge in [0.1, 0.15) is 5.51 Å². The van der Waals surface area contributed by atoms with Crippen LogP contribution in [0, 0.1) is 0 Å². The van der Waals surface area contributed by atoms with Gasteiger partial charge in [0.2, 0.25) is 11.0 Å². The summed E-state index contributed by atoms with van der Waals surface area (Å²) in [4.78, 5) is 28.9. The summed E-state index contributed by atoms with van der Waals surface area (Å²) in [5.74, 6) is -0.435. The monoisotopic (exact) mass is 384 g/mol. The molecule has 142 valence electrons. The van der Waals surface area contributed by atoms with E-state index in [9.17, 15) is 9.59 Å². The van der Waals surface area contributed by atoms with Gasteiger partial charge in [-0.25, -0.2) is 0 Å². The van der Waals surface area contributed by atoms with Crippen LogP contribution < -0.4 is 5.32 Å². The summed E-state index contributed by atoms with van der Waals surface area (Å²) in [6.07, 6.45) is 4.63. The maximum absolute atomic E-state index is 13.4. The lowest BCUT2D eigenvalue weighted by Gasteiger charge is -2.52. The number of hydrogen-bond donors (Lipinski definition) is 1. The summed E-state index contributed by atoms with van der Waals surface area (Å²) < 4.78 is 0. The fraction of sp³-hybridized carbons (Fsp3) is 0.500. The summed E-state index contributed by atoms with van der Waals surface area (Å²) in [7, 11) is 0. The number of aromatic nitrogens is 2. The molecule has 1 N–H and O–H groups in total. The Balaban J connectivity index is 1.85. The Morgan fingerprint density at radius 3 is 2.78 bits per heavy atom. The molecule has 27 heavy (non-hydrogen) atoms. The van der Waals surface area contributed by atoms with Gasteiger partial charge in [-0.1, -0.05) is 49.3 Å². The number of nitrogens with one attached hydrogen (secondary N) is 1. The average molecular weight is 385 g/mol. The molecule has 1 aromatic heterocycles. The molecule has 0 bridgehead atoms. The quantitative estimate of drug-likeness (QED) is 0.869. The molecule has 1 aliphatic heterocycles. The second kappa shape index (κ2) is 7.03. The number of hydrogen-bond acceptors (Lipinski definition) is 5. The van der Waals surface area contributed by atoms with Gasteiger partial charge in [0.15, 0.2) is 0 Å². The highest BCUT2D eigenvalue weighted by Crippen LogP contribution is 2.51. The third kappa shape index (κ3) is 2.84. The Bertz CT molecular complexity index is 845. The van der Waals surface area contributed by atoms with E-state index in [4.69, 9.17) is 0 Å². The van der Waals surface area contributed by atoms with Gasteiger partial charge in [0.05, 0.1) is 11.5 Å². The van der Waals surface area contributed by atoms with Crippen LogP contribution in [0.2, 0.25) is 0 Å². The van der Waals surface area contributed by atoms with Crippen molar-refractivity contribution in [3.63, 3.8) is 0 Å². The fourth-order valence-corrected chi connectivity index (χ4v) is 5.28. The number of fused-ring (bicyclic) bond motifs is 1. The Morgan fingerprint density at radius 2 is 2.11 bits per heavy atom. The molecular weight excluding hydrogens is 360 g/mol. The van der Waals surface area contributed by atoms with E-state index in [0.717, 1.165) is 37.7 Å². The van der Waals surface area contributed by atoms with Crippen LogP contribution in [-0.4, -0.2) is 38.5 Å². The van der Waals surface area contributed by atoms with Gasteiger partial charge in [-0.15, -0.1) is 10.2 Å². The molecule has 0 saturated heterocycles. The zero-order valence-electron chi connectivity index (χ0n) is 15.6. The van der Waals surface area contributed by atoms with Gasteiger partial charge in [-0.3, -0.25) is 14.9 Å². The van der Waals surface area contributed by atoms with E-state index >= 15 is 0 Å². The summed E-state index contributed by atoms with van der Waals surface area (Å²) in [6, 6.07) is 7.66. The first-order valence-corrected chi connectivity index (χ1v) is 10.5. The van der Waals surface area contributed by atoms with E-state index in [2.05, 4.69) is 29.4 Å². The maximum atomic E-state index is 13.4. The number of benzene rings is 1. The van der Waals surface area contributed by atoms with Crippen molar-refractivity contribution in [2.24, 2.45) is 0 Å². The number of rotatable bonds is 4. The lowest BCUT2D eigenvalue weighted by Crippen LogP contribution is -2.62. The van der Waals surface area contributed by atoms with Crippen molar-refractivity contribution in [3.8, 4) is 0 Å². The normalized spacial score (nSPS) is 21.9. The number of nitrogens with zero attached hydrogens (tertiary/aromatic N) is 3. The van der Waals surface area contributed by atoms with Crippen LogP contribution in [0.1, 0.15) is 67.8 Å². The highest BCUT2D eigenvalue weighted by atomic mass is 32.1. The molecule has 1 saturated carbocycles. The number of carbonyl (C=O) groups excluding carboxylic acids is 2. The largest absolute Gasteiger partial charge is 0.329 e. The highest BCUT2D eigenvalue weighted by Gasteiger charge is 2.56. The van der Waals surface area contributed by atoms with E-state index in [1.165, 1.54) is 11.3 Å². The highest BCUT2D eigenvalue weighted by molar-refractivity contribution is 7.13. The van der Waals surface area contributed by atoms with Crippen molar-refractivity contribution in [3.05, 3.63) is 40.9 Å². The third-order valence-corrected chi connectivity index (χ3v) is 6.70. The lowest BCUT2D eigenvalue weighted by molar-refractivity contribution is -0.121. The summed E-state index contributed by atoms with van der Waals surface area (Å²) in [5.41, 5.74) is 2.62. The standard InChI is InChI=1S/C20H24N4O2S/c1-3-13(2)24-18(26)15-9-5-4-8-14(15)16(20(24)10-6-7-11-20)17(25)22-19-23-21-12-27-19/h4-5,8-9,12-13,16H,3,6-7,10-11H2,1-2H3,(H,22,23,25)/t13-,16+/m1/s1. The first kappa shape index (κ1) is 18.1. The Morgan fingerprint density at radius 1 is 1.37 bits per heavy atom. The van der Waals surface area contributed by atoms with Crippen molar-refractivity contribution in [1.29, 1.82) is 0 Å². The van der Waals surface area contributed by atoms with Crippen molar-refractivity contribution >= 4 is 28.3 Å². The van der Waals surface area contributed by atoms with Gasteiger partial charge >= 0.3 is 0 Å². The van der Waals surface area contributed by atoms with Gasteiger partial charge in [0, 0.05) is 11.6 Å². The number of anilines is 1. The molecule has 1 aromatic carbocycles. The molecule has 1 fully saturated rings. The van der Waals surface area contributed by atoms with Gasteiger partial charge in [-0.2, -0.15) is 0 Å². The van der Waals surface area contributed by atoms with Gasteiger partial charge < -0.3 is 4.90 Å². The minimum atomic E-state index is -0.463. The summed E-state index contributed by atoms with van der Waals surface area (Å²) >= 11 is 1.30. The van der Waals surface area contributed by atoms with E-state index in [0.29, 0.717) is 10.7 Å². The average Bonchev–Trinajstić information content (AvgIpc) is 3.34. The van der Waals surface area contributed by atoms with Crippen LogP contribution in [0.4, 0.5) is 5.13 Å². The molecule has 2 aromatic rings. The van der Waals surface area contributed by atoms with Crippen LogP contribution in [0.5, 0.6) is 0 Å². The molecule has 2 aliphatic rings. The van der Waals surface area contributed by atoms with E-state index in [1.54, 1.807) is 5.51 Å². The maximum Gasteiger partial charge on any atom is 0.254 e. The molecule has 0 unspecified atom stereocenters. The SMILES string of the molecule is CC[C@@H](C)N1C(=O)c2ccccc2[C@@H](C(=O)Nc2nncs2)C12CCCC2. The topological polar surface area (TPSA) is 75.2 Å². The second-order valence-electron chi connectivity index (χ2n) is 7.50. The minimum absolute atomic E-state index is 0.0572. The Hall–Kier alpha value is -2.28. The minimum Gasteiger partial charge on any atom is -0.329 e. The lowest BCUT2D eigenvalue weighted by atomic mass is 9.70. The van der Waals surface area contributed by atoms with Crippen LogP contribution in [-0.2, 0) is 4.79 Å².